The molecule has 0 N–H and O–H groups in total. The van der Waals surface area contributed by atoms with Crippen LogP contribution in [0, 0.1) is 0 Å². The van der Waals surface area contributed by atoms with Crippen LogP contribution in [0.1, 0.15) is 36.5 Å². The van der Waals surface area contributed by atoms with Crippen molar-refractivity contribution in [3.05, 3.63) is 60.4 Å². The van der Waals surface area contributed by atoms with Crippen molar-refractivity contribution in [2.75, 3.05) is 6.54 Å². The lowest BCUT2D eigenvalue weighted by Gasteiger charge is -2.33. The van der Waals surface area contributed by atoms with Crippen molar-refractivity contribution in [1.82, 2.24) is 14.9 Å². The topological polar surface area (TPSA) is 46.1 Å². The van der Waals surface area contributed by atoms with Crippen LogP contribution in [0.3, 0.4) is 0 Å². The first-order chi connectivity index (χ1) is 12.2. The van der Waals surface area contributed by atoms with Crippen LogP contribution < -0.4 is 0 Å². The standard InChI is InChI=1S/C21H21N3O/c1-15-7-4-5-12-24(15)21(25)18-13-20(16-8-6-11-22-14-16)23-19-10-3-2-9-17(18)19/h2-3,6,8-11,13-15H,4-5,7,12H2,1H3. The Morgan fingerprint density at radius 1 is 1.16 bits per heavy atom. The number of fused-ring (bicyclic) bond motifs is 1. The van der Waals surface area contributed by atoms with Crippen LogP contribution in [0.5, 0.6) is 0 Å². The minimum absolute atomic E-state index is 0.107. The molecule has 0 spiro atoms. The van der Waals surface area contributed by atoms with Crippen LogP contribution >= 0.6 is 0 Å². The third-order valence-corrected chi connectivity index (χ3v) is 4.97. The van der Waals surface area contributed by atoms with E-state index in [1.54, 1.807) is 12.4 Å². The predicted molar refractivity (Wildman–Crippen MR) is 99.3 cm³/mol. The highest BCUT2D eigenvalue weighted by molar-refractivity contribution is 6.07. The molecule has 1 fully saturated rings. The van der Waals surface area contributed by atoms with Gasteiger partial charge in [0.2, 0.25) is 0 Å². The van der Waals surface area contributed by atoms with E-state index in [4.69, 9.17) is 4.98 Å². The molecule has 1 aliphatic rings. The second kappa shape index (κ2) is 6.63. The maximum atomic E-state index is 13.3. The third kappa shape index (κ3) is 3.00. The van der Waals surface area contributed by atoms with Gasteiger partial charge in [-0.1, -0.05) is 18.2 Å². The maximum Gasteiger partial charge on any atom is 0.254 e. The Morgan fingerprint density at radius 2 is 2.04 bits per heavy atom. The van der Waals surface area contributed by atoms with Gasteiger partial charge in [0.05, 0.1) is 16.8 Å². The molecule has 1 aromatic carbocycles. The summed E-state index contributed by atoms with van der Waals surface area (Å²) in [6.45, 7) is 2.97. The van der Waals surface area contributed by atoms with Crippen molar-refractivity contribution < 1.29 is 4.79 Å². The van der Waals surface area contributed by atoms with E-state index >= 15 is 0 Å². The van der Waals surface area contributed by atoms with Gasteiger partial charge < -0.3 is 4.90 Å². The Hall–Kier alpha value is -2.75. The summed E-state index contributed by atoms with van der Waals surface area (Å²) < 4.78 is 0. The number of amides is 1. The van der Waals surface area contributed by atoms with Gasteiger partial charge in [-0.25, -0.2) is 4.98 Å². The molecule has 4 nitrogen and oxygen atoms in total. The van der Waals surface area contributed by atoms with Gasteiger partial charge in [0.15, 0.2) is 0 Å². The van der Waals surface area contributed by atoms with Crippen LogP contribution in [-0.4, -0.2) is 33.4 Å². The fraction of sp³-hybridized carbons (Fsp3) is 0.286. The van der Waals surface area contributed by atoms with Crippen molar-refractivity contribution in [1.29, 1.82) is 0 Å². The predicted octanol–water partition coefficient (Wildman–Crippen LogP) is 4.31. The molecule has 1 aliphatic heterocycles. The summed E-state index contributed by atoms with van der Waals surface area (Å²) in [6.07, 6.45) is 6.88. The van der Waals surface area contributed by atoms with Gasteiger partial charge >= 0.3 is 0 Å². The molecular formula is C21H21N3O. The number of rotatable bonds is 2. The molecule has 1 atom stereocenters. The summed E-state index contributed by atoms with van der Waals surface area (Å²) in [5.41, 5.74) is 3.30. The average Bonchev–Trinajstić information content (AvgIpc) is 2.67. The molecule has 0 aliphatic carbocycles. The van der Waals surface area contributed by atoms with Gasteiger partial charge in [0.1, 0.15) is 0 Å². The Kier molecular flexibility index (Phi) is 4.18. The van der Waals surface area contributed by atoms with Crippen molar-refractivity contribution >= 4 is 16.8 Å². The van der Waals surface area contributed by atoms with Gasteiger partial charge in [0.25, 0.3) is 5.91 Å². The van der Waals surface area contributed by atoms with Crippen LogP contribution in [0.2, 0.25) is 0 Å². The summed E-state index contributed by atoms with van der Waals surface area (Å²) in [7, 11) is 0. The molecule has 4 rings (SSSR count). The van der Waals surface area contributed by atoms with Crippen molar-refractivity contribution in [3.63, 3.8) is 0 Å². The van der Waals surface area contributed by atoms with Crippen LogP contribution in [0.25, 0.3) is 22.2 Å². The van der Waals surface area contributed by atoms with E-state index in [9.17, 15) is 4.79 Å². The summed E-state index contributed by atoms with van der Waals surface area (Å²) in [4.78, 5) is 24.2. The lowest BCUT2D eigenvalue weighted by atomic mass is 9.99. The van der Waals surface area contributed by atoms with E-state index in [2.05, 4.69) is 11.9 Å². The van der Waals surface area contributed by atoms with Crippen molar-refractivity contribution in [3.8, 4) is 11.3 Å². The number of piperidine rings is 1. The second-order valence-electron chi connectivity index (χ2n) is 6.66. The van der Waals surface area contributed by atoms with Gasteiger partial charge in [0, 0.05) is 35.9 Å². The zero-order valence-corrected chi connectivity index (χ0v) is 14.4. The summed E-state index contributed by atoms with van der Waals surface area (Å²) in [6, 6.07) is 13.9. The molecule has 0 saturated carbocycles. The number of aromatic nitrogens is 2. The molecule has 3 heterocycles. The Morgan fingerprint density at radius 3 is 2.84 bits per heavy atom. The molecule has 1 amide bonds. The number of benzene rings is 1. The SMILES string of the molecule is CC1CCCCN1C(=O)c1cc(-c2cccnc2)nc2ccccc12. The van der Waals surface area contributed by atoms with Gasteiger partial charge in [-0.2, -0.15) is 0 Å². The summed E-state index contributed by atoms with van der Waals surface area (Å²) in [5.74, 6) is 0.107. The molecule has 0 radical (unpaired) electrons. The Labute approximate surface area is 147 Å². The molecular weight excluding hydrogens is 310 g/mol. The lowest BCUT2D eigenvalue weighted by Crippen LogP contribution is -2.42. The molecule has 4 heteroatoms. The minimum Gasteiger partial charge on any atom is -0.336 e. The third-order valence-electron chi connectivity index (χ3n) is 4.97. The monoisotopic (exact) mass is 331 g/mol. The summed E-state index contributed by atoms with van der Waals surface area (Å²) in [5, 5.41) is 0.915. The minimum atomic E-state index is 0.107. The van der Waals surface area contributed by atoms with E-state index in [1.807, 2.05) is 47.4 Å². The highest BCUT2D eigenvalue weighted by atomic mass is 16.2. The molecule has 126 valence electrons. The fourth-order valence-corrected chi connectivity index (χ4v) is 3.57. The van der Waals surface area contributed by atoms with E-state index in [-0.39, 0.29) is 11.9 Å². The highest BCUT2D eigenvalue weighted by Gasteiger charge is 2.26. The molecule has 1 unspecified atom stereocenters. The smallest absolute Gasteiger partial charge is 0.254 e. The zero-order valence-electron chi connectivity index (χ0n) is 14.4. The second-order valence-corrected chi connectivity index (χ2v) is 6.66. The molecule has 2 aromatic heterocycles. The molecule has 3 aromatic rings. The van der Waals surface area contributed by atoms with E-state index in [0.29, 0.717) is 0 Å². The number of carbonyl (C=O) groups excluding carboxylic acids is 1. The quantitative estimate of drug-likeness (QED) is 0.703. The average molecular weight is 331 g/mol. The van der Waals surface area contributed by atoms with Gasteiger partial charge in [-0.15, -0.1) is 0 Å². The number of pyridine rings is 2. The number of likely N-dealkylation sites (tertiary alicyclic amines) is 1. The first kappa shape index (κ1) is 15.8. The maximum absolute atomic E-state index is 13.3. The van der Waals surface area contributed by atoms with Gasteiger partial charge in [-0.05, 0) is 50.5 Å². The Bertz CT molecular complexity index is 907. The number of para-hydroxylation sites is 1. The van der Waals surface area contributed by atoms with Crippen molar-refractivity contribution in [2.24, 2.45) is 0 Å². The molecule has 25 heavy (non-hydrogen) atoms. The fourth-order valence-electron chi connectivity index (χ4n) is 3.57. The number of hydrogen-bond donors (Lipinski definition) is 0. The van der Waals surface area contributed by atoms with Crippen LogP contribution in [0.4, 0.5) is 0 Å². The van der Waals surface area contributed by atoms with Gasteiger partial charge in [-0.3, -0.25) is 9.78 Å². The molecule has 0 bridgehead atoms. The molecule has 1 saturated heterocycles. The number of nitrogens with zero attached hydrogens (tertiary/aromatic N) is 3. The highest BCUT2D eigenvalue weighted by Crippen LogP contribution is 2.27. The first-order valence-corrected chi connectivity index (χ1v) is 8.85. The van der Waals surface area contributed by atoms with E-state index in [1.165, 1.54) is 6.42 Å². The van der Waals surface area contributed by atoms with E-state index in [0.717, 1.165) is 47.1 Å². The van der Waals surface area contributed by atoms with Crippen LogP contribution in [-0.2, 0) is 0 Å². The first-order valence-electron chi connectivity index (χ1n) is 8.85. The normalized spacial score (nSPS) is 17.6. The lowest BCUT2D eigenvalue weighted by molar-refractivity contribution is 0.0637. The Balaban J connectivity index is 1.85. The van der Waals surface area contributed by atoms with Crippen LogP contribution in [0.15, 0.2) is 54.9 Å². The number of hydrogen-bond acceptors (Lipinski definition) is 3. The van der Waals surface area contributed by atoms with Crippen molar-refractivity contribution in [2.45, 2.75) is 32.2 Å². The number of carbonyl (C=O) groups is 1. The summed E-state index contributed by atoms with van der Waals surface area (Å²) >= 11 is 0. The zero-order chi connectivity index (χ0) is 17.2. The van der Waals surface area contributed by atoms with E-state index < -0.39 is 0 Å². The largest absolute Gasteiger partial charge is 0.336 e.